The topological polar surface area (TPSA) is 106 Å². The summed E-state index contributed by atoms with van der Waals surface area (Å²) in [5.41, 5.74) is 0.688. The molecule has 2 amide bonds. The molecule has 1 aromatic rings. The van der Waals surface area contributed by atoms with E-state index >= 15 is 0 Å². The Morgan fingerprint density at radius 3 is 2.87 bits per heavy atom. The monoisotopic (exact) mass is 433 g/mol. The van der Waals surface area contributed by atoms with Crippen LogP contribution in [0.2, 0.25) is 0 Å². The molecule has 170 valence electrons. The lowest BCUT2D eigenvalue weighted by Crippen LogP contribution is -2.35. The van der Waals surface area contributed by atoms with Crippen molar-refractivity contribution in [2.24, 2.45) is 5.92 Å². The second-order valence-corrected chi connectivity index (χ2v) is 9.18. The quantitative estimate of drug-likeness (QED) is 0.763. The number of rotatable bonds is 4. The lowest BCUT2D eigenvalue weighted by Gasteiger charge is -2.24. The minimum absolute atomic E-state index is 0.148. The Morgan fingerprint density at radius 1 is 1.23 bits per heavy atom. The van der Waals surface area contributed by atoms with E-state index in [0.717, 1.165) is 19.4 Å². The standard InChI is InChI=1S/C21H31N5O5/c1-21(2,3)31-20(28)26-7-5-14(12-26)13-30-19-23-15-11-22-18(27)16(15)17(24-19)25-6-4-9-29-10-8-25/h14H,4-13H2,1-3H3,(H,22,27). The van der Waals surface area contributed by atoms with Crippen LogP contribution < -0.4 is 15.0 Å². The Bertz CT molecular complexity index is 832. The van der Waals surface area contributed by atoms with E-state index in [1.54, 1.807) is 4.90 Å². The molecule has 0 spiro atoms. The van der Waals surface area contributed by atoms with E-state index in [4.69, 9.17) is 14.2 Å². The van der Waals surface area contributed by atoms with E-state index < -0.39 is 5.60 Å². The number of hydrogen-bond acceptors (Lipinski definition) is 8. The van der Waals surface area contributed by atoms with E-state index in [1.165, 1.54) is 0 Å². The Kier molecular flexibility index (Phi) is 6.17. The van der Waals surface area contributed by atoms with Crippen LogP contribution in [0.1, 0.15) is 49.7 Å². The van der Waals surface area contributed by atoms with Crippen LogP contribution >= 0.6 is 0 Å². The molecule has 2 fully saturated rings. The van der Waals surface area contributed by atoms with Gasteiger partial charge in [-0.15, -0.1) is 0 Å². The van der Waals surface area contributed by atoms with Gasteiger partial charge in [-0.25, -0.2) is 4.79 Å². The maximum absolute atomic E-state index is 12.4. The molecule has 0 bridgehead atoms. The van der Waals surface area contributed by atoms with Crippen molar-refractivity contribution < 1.29 is 23.8 Å². The number of fused-ring (bicyclic) bond motifs is 1. The third-order valence-corrected chi connectivity index (χ3v) is 5.50. The van der Waals surface area contributed by atoms with Crippen molar-refractivity contribution in [2.45, 2.75) is 45.8 Å². The highest BCUT2D eigenvalue weighted by Gasteiger charge is 2.32. The van der Waals surface area contributed by atoms with Gasteiger partial charge < -0.3 is 29.3 Å². The summed E-state index contributed by atoms with van der Waals surface area (Å²) in [6.07, 6.45) is 1.42. The summed E-state index contributed by atoms with van der Waals surface area (Å²) in [4.78, 5) is 37.5. The van der Waals surface area contributed by atoms with Crippen molar-refractivity contribution >= 4 is 17.8 Å². The number of hydrogen-bond donors (Lipinski definition) is 1. The molecule has 0 saturated carbocycles. The number of ether oxygens (including phenoxy) is 3. The Balaban J connectivity index is 1.42. The van der Waals surface area contributed by atoms with Crippen LogP contribution in [0.3, 0.4) is 0 Å². The highest BCUT2D eigenvalue weighted by atomic mass is 16.6. The number of amides is 2. The molecule has 1 N–H and O–H groups in total. The van der Waals surface area contributed by atoms with Gasteiger partial charge in [-0.05, 0) is 33.6 Å². The van der Waals surface area contributed by atoms with Gasteiger partial charge in [0.25, 0.3) is 5.91 Å². The molecule has 4 heterocycles. The molecule has 2 saturated heterocycles. The first-order valence-corrected chi connectivity index (χ1v) is 10.9. The number of carbonyl (C=O) groups is 2. The molecule has 1 aromatic heterocycles. The van der Waals surface area contributed by atoms with Crippen LogP contribution in [0.15, 0.2) is 0 Å². The maximum Gasteiger partial charge on any atom is 0.410 e. The first-order valence-electron chi connectivity index (χ1n) is 10.9. The molecule has 10 nitrogen and oxygen atoms in total. The van der Waals surface area contributed by atoms with Gasteiger partial charge in [0, 0.05) is 38.7 Å². The zero-order valence-corrected chi connectivity index (χ0v) is 18.5. The van der Waals surface area contributed by atoms with Gasteiger partial charge in [-0.2, -0.15) is 9.97 Å². The predicted octanol–water partition coefficient (Wildman–Crippen LogP) is 1.58. The van der Waals surface area contributed by atoms with Crippen molar-refractivity contribution in [3.8, 4) is 6.01 Å². The zero-order chi connectivity index (χ0) is 22.0. The minimum atomic E-state index is -0.510. The molecule has 0 radical (unpaired) electrons. The summed E-state index contributed by atoms with van der Waals surface area (Å²) in [6, 6.07) is 0.270. The summed E-state index contributed by atoms with van der Waals surface area (Å²) < 4.78 is 16.9. The smallest absolute Gasteiger partial charge is 0.410 e. The lowest BCUT2D eigenvalue weighted by molar-refractivity contribution is 0.0284. The molecule has 1 atom stereocenters. The third kappa shape index (κ3) is 5.17. The largest absolute Gasteiger partial charge is 0.463 e. The number of nitrogens with one attached hydrogen (secondary N) is 1. The van der Waals surface area contributed by atoms with Crippen LogP contribution in [-0.2, 0) is 16.0 Å². The van der Waals surface area contributed by atoms with Gasteiger partial charge in [-0.1, -0.05) is 0 Å². The highest BCUT2D eigenvalue weighted by molar-refractivity contribution is 6.02. The molecule has 0 aliphatic carbocycles. The summed E-state index contributed by atoms with van der Waals surface area (Å²) in [5.74, 6) is 0.645. The molecule has 3 aliphatic heterocycles. The molecule has 31 heavy (non-hydrogen) atoms. The Hall–Kier alpha value is -2.62. The number of carbonyl (C=O) groups excluding carboxylic acids is 2. The normalized spacial score (nSPS) is 21.5. The fourth-order valence-electron chi connectivity index (χ4n) is 3.99. The van der Waals surface area contributed by atoms with Crippen molar-refractivity contribution in [3.05, 3.63) is 11.3 Å². The third-order valence-electron chi connectivity index (χ3n) is 5.50. The molecular weight excluding hydrogens is 402 g/mol. The van der Waals surface area contributed by atoms with Crippen LogP contribution in [0.25, 0.3) is 0 Å². The second kappa shape index (κ2) is 8.86. The predicted molar refractivity (Wildman–Crippen MR) is 112 cm³/mol. The van der Waals surface area contributed by atoms with Crippen LogP contribution in [-0.4, -0.2) is 78.5 Å². The van der Waals surface area contributed by atoms with Crippen molar-refractivity contribution in [2.75, 3.05) is 50.9 Å². The SMILES string of the molecule is CC(C)(C)OC(=O)N1CCC(COc2nc3c(c(N4CCCOCC4)n2)C(=O)NC3)C1. The van der Waals surface area contributed by atoms with Crippen molar-refractivity contribution in [1.29, 1.82) is 0 Å². The second-order valence-electron chi connectivity index (χ2n) is 9.18. The van der Waals surface area contributed by atoms with Gasteiger partial charge in [0.2, 0.25) is 0 Å². The molecule has 4 rings (SSSR count). The van der Waals surface area contributed by atoms with E-state index in [0.29, 0.717) is 63.1 Å². The lowest BCUT2D eigenvalue weighted by atomic mass is 10.1. The van der Waals surface area contributed by atoms with E-state index in [-0.39, 0.29) is 23.9 Å². The van der Waals surface area contributed by atoms with Gasteiger partial charge in [0.05, 0.1) is 25.5 Å². The Labute approximate surface area is 182 Å². The molecule has 1 unspecified atom stereocenters. The highest BCUT2D eigenvalue weighted by Crippen LogP contribution is 2.28. The molecule has 3 aliphatic rings. The van der Waals surface area contributed by atoms with E-state index in [1.807, 2.05) is 20.8 Å². The van der Waals surface area contributed by atoms with Gasteiger partial charge in [-0.3, -0.25) is 4.79 Å². The summed E-state index contributed by atoms with van der Waals surface area (Å²) in [7, 11) is 0. The first kappa shape index (κ1) is 21.6. The number of nitrogens with zero attached hydrogens (tertiary/aromatic N) is 4. The average molecular weight is 434 g/mol. The summed E-state index contributed by atoms with van der Waals surface area (Å²) in [6.45, 7) is 10.3. The van der Waals surface area contributed by atoms with Crippen LogP contribution in [0, 0.1) is 5.92 Å². The fourth-order valence-corrected chi connectivity index (χ4v) is 3.99. The number of likely N-dealkylation sites (tertiary alicyclic amines) is 1. The minimum Gasteiger partial charge on any atom is -0.463 e. The molecule has 10 heteroatoms. The molecular formula is C21H31N5O5. The zero-order valence-electron chi connectivity index (χ0n) is 18.5. The van der Waals surface area contributed by atoms with E-state index in [2.05, 4.69) is 20.2 Å². The van der Waals surface area contributed by atoms with Gasteiger partial charge in [0.15, 0.2) is 0 Å². The van der Waals surface area contributed by atoms with Crippen molar-refractivity contribution in [1.82, 2.24) is 20.2 Å². The average Bonchev–Trinajstić information content (AvgIpc) is 3.23. The first-order chi connectivity index (χ1) is 14.8. The van der Waals surface area contributed by atoms with Gasteiger partial charge >= 0.3 is 12.1 Å². The van der Waals surface area contributed by atoms with Crippen LogP contribution in [0.4, 0.5) is 10.6 Å². The number of aromatic nitrogens is 2. The van der Waals surface area contributed by atoms with E-state index in [9.17, 15) is 9.59 Å². The fraction of sp³-hybridized carbons (Fsp3) is 0.714. The summed E-state index contributed by atoms with van der Waals surface area (Å²) >= 11 is 0. The van der Waals surface area contributed by atoms with Crippen molar-refractivity contribution in [3.63, 3.8) is 0 Å². The number of anilines is 1. The maximum atomic E-state index is 12.4. The molecule has 0 aromatic carbocycles. The Morgan fingerprint density at radius 2 is 2.06 bits per heavy atom. The van der Waals surface area contributed by atoms with Crippen LogP contribution in [0.5, 0.6) is 6.01 Å². The summed E-state index contributed by atoms with van der Waals surface area (Å²) in [5, 5.41) is 2.83. The van der Waals surface area contributed by atoms with Gasteiger partial charge in [0.1, 0.15) is 17.0 Å².